The molecule has 6 aromatic heterocycles. The van der Waals surface area contributed by atoms with Gasteiger partial charge < -0.3 is 25.0 Å². The molecule has 2 aliphatic rings. The van der Waals surface area contributed by atoms with E-state index in [2.05, 4.69) is 41.5 Å². The van der Waals surface area contributed by atoms with E-state index < -0.39 is 0 Å². The molecule has 2 aromatic carbocycles. The number of hydrogen-bond acceptors (Lipinski definition) is 13. The van der Waals surface area contributed by atoms with E-state index in [-0.39, 0.29) is 45.7 Å². The number of thiazole rings is 2. The standard InChI is InChI=1S/C18H12ClN5O2S.C18H14N6O2S.CH3Cl/c2*19-15-14-16(22-10-21-15)26-7-6-23(17(14)25)12-1-2-13-11(9-12)3-5-24(13)18-20-4-8-27-18;1-2/h1-5,8-10H,6-7H2;1-5,8-10H,6-7H2,(H2,19,21,22);1H3. The minimum atomic E-state index is -0.271. The molecule has 2 amide bonds. The summed E-state index contributed by atoms with van der Waals surface area (Å²) in [4.78, 5) is 54.0. The van der Waals surface area contributed by atoms with E-state index in [1.165, 1.54) is 19.0 Å². The number of nitrogens with two attached hydrogens (primary N) is 1. The Labute approximate surface area is 336 Å². The molecule has 19 heteroatoms. The summed E-state index contributed by atoms with van der Waals surface area (Å²) in [6.45, 7) is 1.44. The molecule has 0 spiro atoms. The first-order chi connectivity index (χ1) is 27.4. The fraction of sp³-hybridized carbons (Fsp3) is 0.135. The number of rotatable bonds is 4. The van der Waals surface area contributed by atoms with Crippen LogP contribution in [0.1, 0.15) is 20.7 Å². The lowest BCUT2D eigenvalue weighted by molar-refractivity contribution is 0.0982. The maximum Gasteiger partial charge on any atom is 0.267 e. The Hall–Kier alpha value is -6.14. The van der Waals surface area contributed by atoms with E-state index in [0.717, 1.165) is 43.4 Å². The Kier molecular flexibility index (Phi) is 10.5. The summed E-state index contributed by atoms with van der Waals surface area (Å²) in [5.41, 5.74) is 9.88. The number of hydrogen-bond donors (Lipinski definition) is 1. The van der Waals surface area contributed by atoms with E-state index in [4.69, 9.17) is 26.8 Å². The number of alkyl halides is 1. The van der Waals surface area contributed by atoms with Crippen LogP contribution in [0.3, 0.4) is 0 Å². The van der Waals surface area contributed by atoms with Crippen LogP contribution in [0.5, 0.6) is 11.8 Å². The van der Waals surface area contributed by atoms with Crippen molar-refractivity contribution in [2.45, 2.75) is 0 Å². The Bertz CT molecular complexity index is 2500. The van der Waals surface area contributed by atoms with Gasteiger partial charge in [-0.3, -0.25) is 18.7 Å². The van der Waals surface area contributed by atoms with Gasteiger partial charge in [-0.2, -0.15) is 0 Å². The molecule has 10 rings (SSSR count). The van der Waals surface area contributed by atoms with E-state index in [1.54, 1.807) is 44.9 Å². The number of amides is 2. The fourth-order valence-electron chi connectivity index (χ4n) is 6.36. The van der Waals surface area contributed by atoms with Gasteiger partial charge in [-0.15, -0.1) is 34.3 Å². The molecule has 2 N–H and O–H groups in total. The van der Waals surface area contributed by atoms with Crippen molar-refractivity contribution in [2.75, 3.05) is 48.2 Å². The summed E-state index contributed by atoms with van der Waals surface area (Å²) in [6.07, 6.45) is 11.6. The quantitative estimate of drug-likeness (QED) is 0.144. The maximum atomic E-state index is 13.1. The molecule has 0 bridgehead atoms. The largest absolute Gasteiger partial charge is 0.475 e. The average molecular weight is 827 g/mol. The zero-order chi connectivity index (χ0) is 38.8. The van der Waals surface area contributed by atoms with Gasteiger partial charge >= 0.3 is 0 Å². The van der Waals surface area contributed by atoms with Crippen LogP contribution in [0.15, 0.2) is 96.7 Å². The summed E-state index contributed by atoms with van der Waals surface area (Å²) in [6, 6.07) is 15.7. The monoisotopic (exact) mass is 825 g/mol. The smallest absolute Gasteiger partial charge is 0.267 e. The van der Waals surface area contributed by atoms with E-state index in [9.17, 15) is 9.59 Å². The topological polar surface area (TPSA) is 172 Å². The van der Waals surface area contributed by atoms with Crippen LogP contribution < -0.4 is 25.0 Å². The molecule has 0 saturated carbocycles. The van der Waals surface area contributed by atoms with Crippen LogP contribution in [0, 0.1) is 0 Å². The highest BCUT2D eigenvalue weighted by Crippen LogP contribution is 2.33. The molecule has 0 radical (unpaired) electrons. The predicted octanol–water partition coefficient (Wildman–Crippen LogP) is 6.92. The third-order valence-electron chi connectivity index (χ3n) is 8.86. The van der Waals surface area contributed by atoms with Crippen molar-refractivity contribution in [3.8, 4) is 22.0 Å². The van der Waals surface area contributed by atoms with E-state index >= 15 is 0 Å². The summed E-state index contributed by atoms with van der Waals surface area (Å²) in [7, 11) is 0. The lowest BCUT2D eigenvalue weighted by atomic mass is 10.2. The van der Waals surface area contributed by atoms with E-state index in [1.807, 2.05) is 80.8 Å². The van der Waals surface area contributed by atoms with Crippen molar-refractivity contribution in [1.82, 2.24) is 39.0 Å². The number of anilines is 3. The summed E-state index contributed by atoms with van der Waals surface area (Å²) < 4.78 is 15.2. The number of carbonyl (C=O) groups excluding carboxylic acids is 2. The second-order valence-corrected chi connectivity index (χ2v) is 14.0. The molecule has 0 aliphatic carbocycles. The van der Waals surface area contributed by atoms with Crippen molar-refractivity contribution in [2.24, 2.45) is 0 Å². The molecule has 2 aliphatic heterocycles. The Morgan fingerprint density at radius 1 is 0.661 bits per heavy atom. The molecule has 0 unspecified atom stereocenters. The van der Waals surface area contributed by atoms with Gasteiger partial charge in [-0.25, -0.2) is 29.9 Å². The van der Waals surface area contributed by atoms with Gasteiger partial charge in [0.05, 0.1) is 24.1 Å². The first-order valence-corrected chi connectivity index (χ1v) is 19.7. The lowest BCUT2D eigenvalue weighted by Gasteiger charge is -2.20. The summed E-state index contributed by atoms with van der Waals surface area (Å²) in [5, 5.41) is 7.79. The fourth-order valence-corrected chi connectivity index (χ4v) is 7.84. The Morgan fingerprint density at radius 2 is 1.16 bits per heavy atom. The highest BCUT2D eigenvalue weighted by atomic mass is 35.5. The first-order valence-electron chi connectivity index (χ1n) is 16.8. The van der Waals surface area contributed by atoms with Crippen molar-refractivity contribution in [3.05, 3.63) is 113 Å². The van der Waals surface area contributed by atoms with Crippen molar-refractivity contribution < 1.29 is 19.1 Å². The molecule has 0 saturated heterocycles. The zero-order valence-electron chi connectivity index (χ0n) is 29.3. The highest BCUT2D eigenvalue weighted by molar-refractivity contribution is 7.12. The van der Waals surface area contributed by atoms with Crippen molar-refractivity contribution >= 4 is 96.7 Å². The van der Waals surface area contributed by atoms with Gasteiger partial charge in [0.25, 0.3) is 11.8 Å². The number of fused-ring (bicyclic) bond motifs is 4. The van der Waals surface area contributed by atoms with Gasteiger partial charge in [0.15, 0.2) is 10.3 Å². The van der Waals surface area contributed by atoms with Crippen LogP contribution in [-0.4, -0.2) is 83.5 Å². The van der Waals surface area contributed by atoms with Crippen LogP contribution in [0.2, 0.25) is 5.15 Å². The molecule has 282 valence electrons. The second kappa shape index (κ2) is 15.9. The SMILES string of the molecule is CCl.Nc1ncnc2c1C(=O)N(c1ccc3c(ccn3-c3nccs3)c1)CCO2.O=C1c2c(Cl)ncnc2OCCN1c1ccc2c(ccn2-c2nccs2)c1. The first kappa shape index (κ1) is 36.8. The predicted molar refractivity (Wildman–Crippen MR) is 218 cm³/mol. The average Bonchev–Trinajstić information content (AvgIpc) is 4.04. The van der Waals surface area contributed by atoms with Crippen LogP contribution in [0.4, 0.5) is 17.2 Å². The highest BCUT2D eigenvalue weighted by Gasteiger charge is 2.30. The number of halogens is 2. The lowest BCUT2D eigenvalue weighted by Crippen LogP contribution is -2.32. The Morgan fingerprint density at radius 3 is 1.68 bits per heavy atom. The number of nitrogens with zero attached hydrogens (tertiary/aromatic N) is 10. The van der Waals surface area contributed by atoms with Gasteiger partial charge in [0.1, 0.15) is 48.0 Å². The summed E-state index contributed by atoms with van der Waals surface area (Å²) >= 11 is 13.9. The number of aromatic nitrogens is 8. The minimum absolute atomic E-state index is 0.0906. The molecule has 8 aromatic rings. The third kappa shape index (κ3) is 6.85. The Balaban J connectivity index is 0.000000151. The molecular weight excluding hydrogens is 798 g/mol. The summed E-state index contributed by atoms with van der Waals surface area (Å²) in [5.74, 6) is 0.0310. The molecule has 56 heavy (non-hydrogen) atoms. The van der Waals surface area contributed by atoms with Crippen molar-refractivity contribution in [1.29, 1.82) is 0 Å². The number of ether oxygens (including phenoxy) is 2. The van der Waals surface area contributed by atoms with Crippen LogP contribution in [-0.2, 0) is 0 Å². The number of nitrogen functional groups attached to an aromatic ring is 1. The van der Waals surface area contributed by atoms with Gasteiger partial charge in [0.2, 0.25) is 11.8 Å². The number of benzene rings is 2. The van der Waals surface area contributed by atoms with Gasteiger partial charge in [-0.05, 0) is 48.5 Å². The second-order valence-electron chi connectivity index (χ2n) is 11.9. The third-order valence-corrected chi connectivity index (χ3v) is 10.7. The van der Waals surface area contributed by atoms with E-state index in [0.29, 0.717) is 26.3 Å². The van der Waals surface area contributed by atoms with Crippen molar-refractivity contribution in [3.63, 3.8) is 0 Å². The number of carbonyl (C=O) groups is 2. The molecule has 0 atom stereocenters. The minimum Gasteiger partial charge on any atom is -0.475 e. The molecule has 0 fully saturated rings. The van der Waals surface area contributed by atoms with Gasteiger partial charge in [-0.1, -0.05) is 11.6 Å². The van der Waals surface area contributed by atoms with Crippen LogP contribution in [0.25, 0.3) is 32.1 Å². The zero-order valence-corrected chi connectivity index (χ0v) is 32.5. The molecular formula is C37H29Cl2N11O4S2. The molecule has 15 nitrogen and oxygen atoms in total. The van der Waals surface area contributed by atoms with Crippen LogP contribution >= 0.6 is 45.9 Å². The normalized spacial score (nSPS) is 13.7. The maximum absolute atomic E-state index is 13.1. The molecule has 8 heterocycles. The van der Waals surface area contributed by atoms with Gasteiger partial charge in [0, 0.05) is 64.1 Å².